The van der Waals surface area contributed by atoms with Crippen molar-refractivity contribution in [3.05, 3.63) is 58.2 Å². The van der Waals surface area contributed by atoms with E-state index in [-0.39, 0.29) is 18.0 Å². The van der Waals surface area contributed by atoms with Gasteiger partial charge in [-0.2, -0.15) is 13.2 Å². The molecule has 1 aromatic carbocycles. The molecule has 0 spiro atoms. The predicted octanol–water partition coefficient (Wildman–Crippen LogP) is 3.74. The Labute approximate surface area is 175 Å². The van der Waals surface area contributed by atoms with Crippen molar-refractivity contribution in [1.82, 2.24) is 15.6 Å². The maximum Gasteiger partial charge on any atom is 0.417 e. The van der Waals surface area contributed by atoms with Gasteiger partial charge in [-0.1, -0.05) is 34.1 Å². The molecule has 1 amide bonds. The van der Waals surface area contributed by atoms with E-state index < -0.39 is 11.7 Å². The largest absolute Gasteiger partial charge is 0.417 e. The lowest BCUT2D eigenvalue weighted by Gasteiger charge is -2.20. The first-order valence-corrected chi connectivity index (χ1v) is 10.1. The number of halogens is 4. The molecule has 3 rings (SSSR count). The topological polar surface area (TPSA) is 57.3 Å². The SMILES string of the molecule is CC(NCc1ccccc1Br)C(=O)NC1CCN(c2ccc(C(F)(F)F)cn2)C1. The molecule has 5 nitrogen and oxygen atoms in total. The molecule has 9 heteroatoms. The average molecular weight is 471 g/mol. The van der Waals surface area contributed by atoms with E-state index in [0.717, 1.165) is 22.3 Å². The Morgan fingerprint density at radius 2 is 2.07 bits per heavy atom. The van der Waals surface area contributed by atoms with Crippen LogP contribution in [-0.4, -0.2) is 36.1 Å². The summed E-state index contributed by atoms with van der Waals surface area (Å²) in [6.07, 6.45) is -2.84. The van der Waals surface area contributed by atoms with Crippen LogP contribution in [0.2, 0.25) is 0 Å². The molecular weight excluding hydrogens is 449 g/mol. The second kappa shape index (κ2) is 9.13. The summed E-state index contributed by atoms with van der Waals surface area (Å²) in [5, 5.41) is 6.20. The maximum atomic E-state index is 12.7. The Kier molecular flexibility index (Phi) is 6.79. The fourth-order valence-corrected chi connectivity index (χ4v) is 3.58. The quantitative estimate of drug-likeness (QED) is 0.675. The van der Waals surface area contributed by atoms with Gasteiger partial charge in [-0.25, -0.2) is 4.98 Å². The molecule has 29 heavy (non-hydrogen) atoms. The molecular formula is C20H22BrF3N4O. The fourth-order valence-electron chi connectivity index (χ4n) is 3.15. The van der Waals surface area contributed by atoms with Crippen LogP contribution in [0.5, 0.6) is 0 Å². The van der Waals surface area contributed by atoms with Gasteiger partial charge in [-0.15, -0.1) is 0 Å². The third-order valence-electron chi connectivity index (χ3n) is 4.88. The average Bonchev–Trinajstić information content (AvgIpc) is 3.15. The van der Waals surface area contributed by atoms with Crippen LogP contribution < -0.4 is 15.5 Å². The Hall–Kier alpha value is -2.13. The number of alkyl halides is 3. The minimum absolute atomic E-state index is 0.0701. The first-order chi connectivity index (χ1) is 13.7. The molecule has 0 bridgehead atoms. The molecule has 0 radical (unpaired) electrons. The Morgan fingerprint density at radius 3 is 2.72 bits per heavy atom. The monoisotopic (exact) mass is 470 g/mol. The second-order valence-electron chi connectivity index (χ2n) is 7.04. The second-order valence-corrected chi connectivity index (χ2v) is 7.89. The third kappa shape index (κ3) is 5.70. The van der Waals surface area contributed by atoms with Crippen LogP contribution in [0.3, 0.4) is 0 Å². The smallest absolute Gasteiger partial charge is 0.354 e. The van der Waals surface area contributed by atoms with E-state index in [2.05, 4.69) is 31.5 Å². The van der Waals surface area contributed by atoms with E-state index in [0.29, 0.717) is 31.9 Å². The highest BCUT2D eigenvalue weighted by molar-refractivity contribution is 9.10. The standard InChI is InChI=1S/C20H22BrF3N4O/c1-13(25-10-14-4-2-3-5-17(14)21)19(29)27-16-8-9-28(12-16)18-7-6-15(11-26-18)20(22,23)24/h2-7,11,13,16,25H,8-10,12H2,1H3,(H,27,29). The van der Waals surface area contributed by atoms with Gasteiger partial charge in [-0.05, 0) is 37.1 Å². The first kappa shape index (κ1) is 21.6. The molecule has 2 unspecified atom stereocenters. The molecule has 156 valence electrons. The molecule has 1 aliphatic heterocycles. The number of hydrogen-bond donors (Lipinski definition) is 2. The normalized spacial score (nSPS) is 18.0. The minimum atomic E-state index is -4.40. The Morgan fingerprint density at radius 1 is 1.31 bits per heavy atom. The zero-order valence-electron chi connectivity index (χ0n) is 15.8. The van der Waals surface area contributed by atoms with Crippen molar-refractivity contribution in [2.75, 3.05) is 18.0 Å². The summed E-state index contributed by atoms with van der Waals surface area (Å²) in [6.45, 7) is 3.50. The predicted molar refractivity (Wildman–Crippen MR) is 108 cm³/mol. The molecule has 2 atom stereocenters. The van der Waals surface area contributed by atoms with Gasteiger partial charge in [0.25, 0.3) is 0 Å². The van der Waals surface area contributed by atoms with Crippen molar-refractivity contribution in [2.45, 2.75) is 38.1 Å². The fraction of sp³-hybridized carbons (Fsp3) is 0.400. The summed E-state index contributed by atoms with van der Waals surface area (Å²) in [5.74, 6) is 0.374. The lowest BCUT2D eigenvalue weighted by molar-refractivity contribution is -0.137. The number of amides is 1. The summed E-state index contributed by atoms with van der Waals surface area (Å²) in [7, 11) is 0. The minimum Gasteiger partial charge on any atom is -0.354 e. The van der Waals surface area contributed by atoms with Crippen LogP contribution in [0, 0.1) is 0 Å². The molecule has 0 aliphatic carbocycles. The number of hydrogen-bond acceptors (Lipinski definition) is 4. The highest BCUT2D eigenvalue weighted by atomic mass is 79.9. The molecule has 1 saturated heterocycles. The van der Waals surface area contributed by atoms with Crippen molar-refractivity contribution in [2.24, 2.45) is 0 Å². The Bertz CT molecular complexity index is 844. The Balaban J connectivity index is 1.49. The van der Waals surface area contributed by atoms with Crippen LogP contribution in [0.4, 0.5) is 19.0 Å². The highest BCUT2D eigenvalue weighted by Crippen LogP contribution is 2.29. The van der Waals surface area contributed by atoms with Crippen molar-refractivity contribution >= 4 is 27.7 Å². The molecule has 1 aromatic heterocycles. The molecule has 0 saturated carbocycles. The highest BCUT2D eigenvalue weighted by Gasteiger charge is 2.31. The number of aromatic nitrogens is 1. The zero-order valence-corrected chi connectivity index (χ0v) is 17.4. The lowest BCUT2D eigenvalue weighted by atomic mass is 10.2. The van der Waals surface area contributed by atoms with E-state index in [1.165, 1.54) is 6.07 Å². The van der Waals surface area contributed by atoms with Crippen LogP contribution in [0.25, 0.3) is 0 Å². The van der Waals surface area contributed by atoms with Gasteiger partial charge in [0.15, 0.2) is 0 Å². The number of nitrogens with zero attached hydrogens (tertiary/aromatic N) is 2. The van der Waals surface area contributed by atoms with Crippen molar-refractivity contribution in [1.29, 1.82) is 0 Å². The summed E-state index contributed by atoms with van der Waals surface area (Å²) >= 11 is 3.48. The number of carbonyl (C=O) groups excluding carboxylic acids is 1. The van der Waals surface area contributed by atoms with Crippen molar-refractivity contribution in [3.8, 4) is 0 Å². The number of nitrogens with one attached hydrogen (secondary N) is 2. The van der Waals surface area contributed by atoms with Gasteiger partial charge in [0.2, 0.25) is 5.91 Å². The lowest BCUT2D eigenvalue weighted by Crippen LogP contribution is -2.47. The maximum absolute atomic E-state index is 12.7. The van der Waals surface area contributed by atoms with E-state index in [9.17, 15) is 18.0 Å². The number of benzene rings is 1. The van der Waals surface area contributed by atoms with Crippen LogP contribution in [0.15, 0.2) is 47.1 Å². The van der Waals surface area contributed by atoms with Crippen LogP contribution in [-0.2, 0) is 17.5 Å². The molecule has 1 fully saturated rings. The summed E-state index contributed by atoms with van der Waals surface area (Å²) in [4.78, 5) is 18.3. The summed E-state index contributed by atoms with van der Waals surface area (Å²) < 4.78 is 39.0. The number of anilines is 1. The van der Waals surface area contributed by atoms with Crippen molar-refractivity contribution < 1.29 is 18.0 Å². The van der Waals surface area contributed by atoms with E-state index in [4.69, 9.17) is 0 Å². The number of carbonyl (C=O) groups is 1. The molecule has 2 heterocycles. The number of pyridine rings is 1. The summed E-state index contributed by atoms with van der Waals surface area (Å²) in [6, 6.07) is 9.75. The van der Waals surface area contributed by atoms with Gasteiger partial charge in [-0.3, -0.25) is 4.79 Å². The van der Waals surface area contributed by atoms with Gasteiger partial charge < -0.3 is 15.5 Å². The summed E-state index contributed by atoms with van der Waals surface area (Å²) in [5.41, 5.74) is 0.294. The van der Waals surface area contributed by atoms with Gasteiger partial charge in [0.1, 0.15) is 5.82 Å². The van der Waals surface area contributed by atoms with Gasteiger partial charge >= 0.3 is 6.18 Å². The third-order valence-corrected chi connectivity index (χ3v) is 5.66. The van der Waals surface area contributed by atoms with Gasteiger partial charge in [0, 0.05) is 36.3 Å². The van der Waals surface area contributed by atoms with Gasteiger partial charge in [0.05, 0.1) is 11.6 Å². The number of rotatable bonds is 6. The van der Waals surface area contributed by atoms with E-state index in [1.54, 1.807) is 6.92 Å². The molecule has 2 N–H and O–H groups in total. The van der Waals surface area contributed by atoms with Crippen molar-refractivity contribution in [3.63, 3.8) is 0 Å². The van der Waals surface area contributed by atoms with E-state index >= 15 is 0 Å². The first-order valence-electron chi connectivity index (χ1n) is 9.29. The van der Waals surface area contributed by atoms with Crippen LogP contribution in [0.1, 0.15) is 24.5 Å². The molecule has 1 aliphatic rings. The van der Waals surface area contributed by atoms with Crippen LogP contribution >= 0.6 is 15.9 Å². The molecule has 2 aromatic rings. The zero-order chi connectivity index (χ0) is 21.0. The van der Waals surface area contributed by atoms with E-state index in [1.807, 2.05) is 29.2 Å².